The zero-order valence-electron chi connectivity index (χ0n) is 9.45. The van der Waals surface area contributed by atoms with Crippen LogP contribution in [0.1, 0.15) is 16.1 Å². The molecule has 1 aromatic carbocycles. The summed E-state index contributed by atoms with van der Waals surface area (Å²) in [5, 5.41) is 2.83. The highest BCUT2D eigenvalue weighted by atomic mass is 19.1. The molecule has 1 N–H and O–H groups in total. The van der Waals surface area contributed by atoms with Crippen LogP contribution in [-0.4, -0.2) is 16.1 Å². The van der Waals surface area contributed by atoms with E-state index >= 15 is 0 Å². The van der Waals surface area contributed by atoms with E-state index in [1.165, 1.54) is 16.8 Å². The molecule has 0 fully saturated rings. The van der Waals surface area contributed by atoms with Crippen LogP contribution in [0.3, 0.4) is 0 Å². The average Bonchev–Trinajstić information content (AvgIpc) is 2.53. The lowest BCUT2D eigenvalue weighted by atomic mass is 10.0. The first kappa shape index (κ1) is 11.3. The molecule has 0 radical (unpaired) electrons. The van der Waals surface area contributed by atoms with Crippen LogP contribution in [0.15, 0.2) is 23.0 Å². The fourth-order valence-electron chi connectivity index (χ4n) is 1.80. The molecule has 0 atom stereocenters. The first-order chi connectivity index (χ1) is 8.04. The lowest BCUT2D eigenvalue weighted by Gasteiger charge is -2.00. The van der Waals surface area contributed by atoms with Crippen molar-refractivity contribution in [2.24, 2.45) is 7.05 Å². The Labute approximate surface area is 96.7 Å². The van der Waals surface area contributed by atoms with Crippen molar-refractivity contribution in [2.45, 2.75) is 6.92 Å². The molecule has 5 heteroatoms. The van der Waals surface area contributed by atoms with Crippen LogP contribution in [0.5, 0.6) is 0 Å². The van der Waals surface area contributed by atoms with Gasteiger partial charge in [-0.2, -0.15) is 0 Å². The minimum absolute atomic E-state index is 0.0150. The van der Waals surface area contributed by atoms with Crippen molar-refractivity contribution >= 4 is 6.29 Å². The van der Waals surface area contributed by atoms with E-state index in [1.807, 2.05) is 0 Å². The molecule has 4 nitrogen and oxygen atoms in total. The lowest BCUT2D eigenvalue weighted by Crippen LogP contribution is -2.13. The summed E-state index contributed by atoms with van der Waals surface area (Å²) in [5.74, 6) is -0.625. The first-order valence-corrected chi connectivity index (χ1v) is 5.05. The zero-order valence-corrected chi connectivity index (χ0v) is 9.45. The second kappa shape index (κ2) is 4.01. The van der Waals surface area contributed by atoms with Crippen molar-refractivity contribution in [2.75, 3.05) is 0 Å². The summed E-state index contributed by atoms with van der Waals surface area (Å²) in [6.07, 6.45) is 0.446. The number of aromatic nitrogens is 2. The molecular weight excluding hydrogens is 223 g/mol. The number of hydrogen-bond donors (Lipinski definition) is 1. The van der Waals surface area contributed by atoms with Crippen LogP contribution in [0, 0.1) is 12.7 Å². The van der Waals surface area contributed by atoms with Gasteiger partial charge in [-0.15, -0.1) is 0 Å². The maximum absolute atomic E-state index is 13.5. The maximum Gasteiger partial charge on any atom is 0.274 e. The van der Waals surface area contributed by atoms with Gasteiger partial charge < -0.3 is 0 Å². The molecule has 0 aliphatic heterocycles. The normalized spacial score (nSPS) is 10.5. The maximum atomic E-state index is 13.5. The van der Waals surface area contributed by atoms with Gasteiger partial charge in [0.1, 0.15) is 5.82 Å². The Hall–Kier alpha value is -2.17. The van der Waals surface area contributed by atoms with E-state index in [4.69, 9.17) is 0 Å². The Morgan fingerprint density at radius 3 is 2.59 bits per heavy atom. The van der Waals surface area contributed by atoms with Gasteiger partial charge >= 0.3 is 0 Å². The number of carbonyl (C=O) groups is 1. The summed E-state index contributed by atoms with van der Waals surface area (Å²) in [6, 6.07) is 4.12. The third kappa shape index (κ3) is 1.80. The largest absolute Gasteiger partial charge is 0.300 e. The van der Waals surface area contributed by atoms with Gasteiger partial charge in [0.15, 0.2) is 6.29 Å². The SMILES string of the molecule is Cc1[nH]n(C)c(=O)c1-c1ccc(C=O)c(F)c1. The molecule has 17 heavy (non-hydrogen) atoms. The number of H-pyrrole nitrogens is 1. The van der Waals surface area contributed by atoms with Gasteiger partial charge in [-0.25, -0.2) is 4.39 Å². The molecule has 1 heterocycles. The summed E-state index contributed by atoms with van der Waals surface area (Å²) in [7, 11) is 1.59. The van der Waals surface area contributed by atoms with Crippen LogP contribution in [-0.2, 0) is 7.05 Å². The van der Waals surface area contributed by atoms with E-state index in [2.05, 4.69) is 5.10 Å². The van der Waals surface area contributed by atoms with Gasteiger partial charge in [0.25, 0.3) is 5.56 Å². The van der Waals surface area contributed by atoms with E-state index in [0.29, 0.717) is 23.1 Å². The van der Waals surface area contributed by atoms with Gasteiger partial charge in [-0.3, -0.25) is 19.4 Å². The summed E-state index contributed by atoms with van der Waals surface area (Å²) in [4.78, 5) is 22.3. The summed E-state index contributed by atoms with van der Waals surface area (Å²) in [6.45, 7) is 1.74. The summed E-state index contributed by atoms with van der Waals surface area (Å²) in [5.41, 5.74) is 1.31. The molecule has 0 spiro atoms. The van der Waals surface area contributed by atoms with Crippen molar-refractivity contribution in [3.05, 3.63) is 45.6 Å². The molecular formula is C12H11FN2O2. The molecule has 1 aromatic heterocycles. The Balaban J connectivity index is 2.65. The average molecular weight is 234 g/mol. The fourth-order valence-corrected chi connectivity index (χ4v) is 1.80. The molecule has 0 aliphatic rings. The van der Waals surface area contributed by atoms with E-state index in [9.17, 15) is 14.0 Å². The molecule has 0 saturated heterocycles. The van der Waals surface area contributed by atoms with E-state index in [1.54, 1.807) is 20.0 Å². The molecule has 0 aliphatic carbocycles. The van der Waals surface area contributed by atoms with Crippen molar-refractivity contribution in [1.82, 2.24) is 9.78 Å². The van der Waals surface area contributed by atoms with Crippen LogP contribution in [0.2, 0.25) is 0 Å². The summed E-state index contributed by atoms with van der Waals surface area (Å²) < 4.78 is 14.8. The predicted octanol–water partition coefficient (Wildman–Crippen LogP) is 1.64. The highest BCUT2D eigenvalue weighted by Gasteiger charge is 2.13. The number of nitrogens with zero attached hydrogens (tertiary/aromatic N) is 1. The number of halogens is 1. The zero-order chi connectivity index (χ0) is 12.6. The Kier molecular flexibility index (Phi) is 2.67. The van der Waals surface area contributed by atoms with Crippen LogP contribution >= 0.6 is 0 Å². The second-order valence-electron chi connectivity index (χ2n) is 3.83. The number of hydrogen-bond acceptors (Lipinski definition) is 2. The molecule has 2 rings (SSSR count). The van der Waals surface area contributed by atoms with Crippen LogP contribution in [0.4, 0.5) is 4.39 Å². The quantitative estimate of drug-likeness (QED) is 0.803. The van der Waals surface area contributed by atoms with Gasteiger partial charge in [0, 0.05) is 12.7 Å². The second-order valence-corrected chi connectivity index (χ2v) is 3.83. The third-order valence-electron chi connectivity index (χ3n) is 2.65. The number of aldehydes is 1. The Morgan fingerprint density at radius 2 is 2.12 bits per heavy atom. The predicted molar refractivity (Wildman–Crippen MR) is 61.6 cm³/mol. The monoisotopic (exact) mass is 234 g/mol. The highest BCUT2D eigenvalue weighted by Crippen LogP contribution is 2.20. The standard InChI is InChI=1S/C12H11FN2O2/c1-7-11(12(17)15(2)14-7)8-3-4-9(6-16)10(13)5-8/h3-6,14H,1-2H3. The Morgan fingerprint density at radius 1 is 1.41 bits per heavy atom. The molecule has 0 saturated carbocycles. The molecule has 2 aromatic rings. The summed E-state index contributed by atoms with van der Waals surface area (Å²) >= 11 is 0. The number of nitrogens with one attached hydrogen (secondary N) is 1. The van der Waals surface area contributed by atoms with Gasteiger partial charge in [0.05, 0.1) is 11.1 Å². The van der Waals surface area contributed by atoms with Gasteiger partial charge in [0.2, 0.25) is 0 Å². The number of rotatable bonds is 2. The number of benzene rings is 1. The van der Waals surface area contributed by atoms with Crippen molar-refractivity contribution in [1.29, 1.82) is 0 Å². The van der Waals surface area contributed by atoms with E-state index in [0.717, 1.165) is 0 Å². The van der Waals surface area contributed by atoms with Crippen LogP contribution < -0.4 is 5.56 Å². The molecule has 88 valence electrons. The molecule has 0 unspecified atom stereocenters. The fraction of sp³-hybridized carbons (Fsp3) is 0.167. The smallest absolute Gasteiger partial charge is 0.274 e. The van der Waals surface area contributed by atoms with Crippen LogP contribution in [0.25, 0.3) is 11.1 Å². The highest BCUT2D eigenvalue weighted by molar-refractivity contribution is 5.77. The van der Waals surface area contributed by atoms with E-state index < -0.39 is 5.82 Å². The molecule has 0 bridgehead atoms. The van der Waals surface area contributed by atoms with Crippen molar-refractivity contribution in [3.8, 4) is 11.1 Å². The van der Waals surface area contributed by atoms with Gasteiger partial charge in [-0.1, -0.05) is 6.07 Å². The topological polar surface area (TPSA) is 54.9 Å². The minimum Gasteiger partial charge on any atom is -0.300 e. The number of carbonyl (C=O) groups excluding carboxylic acids is 1. The first-order valence-electron chi connectivity index (χ1n) is 5.05. The minimum atomic E-state index is -0.625. The number of aromatic amines is 1. The lowest BCUT2D eigenvalue weighted by molar-refractivity contribution is 0.112. The van der Waals surface area contributed by atoms with Crippen molar-refractivity contribution < 1.29 is 9.18 Å². The molecule has 0 amide bonds. The van der Waals surface area contributed by atoms with E-state index in [-0.39, 0.29) is 11.1 Å². The van der Waals surface area contributed by atoms with Gasteiger partial charge in [-0.05, 0) is 24.6 Å². The Bertz CT molecular complexity index is 640. The third-order valence-corrected chi connectivity index (χ3v) is 2.65. The number of aryl methyl sites for hydroxylation is 2. The van der Waals surface area contributed by atoms with Crippen molar-refractivity contribution in [3.63, 3.8) is 0 Å².